The van der Waals surface area contributed by atoms with Crippen molar-refractivity contribution < 1.29 is 9.53 Å². The topological polar surface area (TPSA) is 38.3 Å². The first-order valence-corrected chi connectivity index (χ1v) is 5.93. The molecule has 0 aromatic rings. The van der Waals surface area contributed by atoms with Gasteiger partial charge in [-0.1, -0.05) is 13.8 Å². The average Bonchev–Trinajstić information content (AvgIpc) is 2.19. The molecule has 1 saturated carbocycles. The molecular formula is C12H23NO2. The van der Waals surface area contributed by atoms with Crippen LogP contribution in [0.25, 0.3) is 0 Å². The molecular weight excluding hydrogens is 190 g/mol. The van der Waals surface area contributed by atoms with Crippen LogP contribution >= 0.6 is 0 Å². The lowest BCUT2D eigenvalue weighted by Crippen LogP contribution is -2.58. The maximum Gasteiger partial charge on any atom is 0.326 e. The van der Waals surface area contributed by atoms with E-state index in [-0.39, 0.29) is 5.97 Å². The van der Waals surface area contributed by atoms with Crippen LogP contribution in [0.3, 0.4) is 0 Å². The second kappa shape index (κ2) is 4.97. The number of carbonyl (C=O) groups is 1. The molecule has 0 amide bonds. The van der Waals surface area contributed by atoms with Gasteiger partial charge in [0.2, 0.25) is 0 Å². The van der Waals surface area contributed by atoms with E-state index in [4.69, 9.17) is 4.74 Å². The number of esters is 1. The molecule has 0 radical (unpaired) electrons. The summed E-state index contributed by atoms with van der Waals surface area (Å²) in [5.74, 6) is 0.994. The summed E-state index contributed by atoms with van der Waals surface area (Å²) in [7, 11) is 1.86. The van der Waals surface area contributed by atoms with Gasteiger partial charge in [0.05, 0.1) is 6.61 Å². The molecule has 3 atom stereocenters. The normalized spacial score (nSPS) is 36.3. The van der Waals surface area contributed by atoms with Crippen LogP contribution in [0.15, 0.2) is 0 Å². The first-order valence-electron chi connectivity index (χ1n) is 5.93. The zero-order chi connectivity index (χ0) is 11.5. The number of nitrogens with one attached hydrogen (secondary N) is 1. The van der Waals surface area contributed by atoms with Crippen molar-refractivity contribution in [3.8, 4) is 0 Å². The standard InChI is InChI=1S/C12H23NO2/c1-5-15-11(14)12(13-4)7-6-9(2)8-10(12)3/h9-10,13H,5-8H2,1-4H3. The van der Waals surface area contributed by atoms with Gasteiger partial charge in [0, 0.05) is 0 Å². The van der Waals surface area contributed by atoms with Gasteiger partial charge in [0.25, 0.3) is 0 Å². The Morgan fingerprint density at radius 2 is 2.20 bits per heavy atom. The third kappa shape index (κ3) is 2.33. The van der Waals surface area contributed by atoms with Gasteiger partial charge >= 0.3 is 5.97 Å². The van der Waals surface area contributed by atoms with Crippen LogP contribution in [0.2, 0.25) is 0 Å². The number of ether oxygens (including phenoxy) is 1. The average molecular weight is 213 g/mol. The van der Waals surface area contributed by atoms with E-state index in [1.54, 1.807) is 0 Å². The Morgan fingerprint density at radius 3 is 2.67 bits per heavy atom. The quantitative estimate of drug-likeness (QED) is 0.728. The van der Waals surface area contributed by atoms with E-state index < -0.39 is 5.54 Å². The van der Waals surface area contributed by atoms with Crippen molar-refractivity contribution in [3.05, 3.63) is 0 Å². The molecule has 3 nitrogen and oxygen atoms in total. The molecule has 1 fully saturated rings. The molecule has 0 bridgehead atoms. The van der Waals surface area contributed by atoms with Crippen LogP contribution in [0.5, 0.6) is 0 Å². The lowest BCUT2D eigenvalue weighted by atomic mass is 9.70. The molecule has 1 rings (SSSR count). The molecule has 0 aromatic heterocycles. The fourth-order valence-corrected chi connectivity index (χ4v) is 2.68. The highest BCUT2D eigenvalue weighted by Gasteiger charge is 2.46. The molecule has 0 heterocycles. The second-order valence-corrected chi connectivity index (χ2v) is 4.72. The summed E-state index contributed by atoms with van der Waals surface area (Å²) in [6.45, 7) is 6.71. The van der Waals surface area contributed by atoms with Gasteiger partial charge in [-0.2, -0.15) is 0 Å². The molecule has 0 aromatic carbocycles. The second-order valence-electron chi connectivity index (χ2n) is 4.72. The SMILES string of the molecule is CCOC(=O)C1(NC)CCC(C)CC1C. The molecule has 88 valence electrons. The number of hydrogen-bond donors (Lipinski definition) is 1. The van der Waals surface area contributed by atoms with E-state index in [1.807, 2.05) is 14.0 Å². The van der Waals surface area contributed by atoms with Gasteiger partial charge in [-0.15, -0.1) is 0 Å². The van der Waals surface area contributed by atoms with Crippen molar-refractivity contribution in [2.75, 3.05) is 13.7 Å². The molecule has 0 saturated heterocycles. The Hall–Kier alpha value is -0.570. The summed E-state index contributed by atoms with van der Waals surface area (Å²) in [6.07, 6.45) is 3.09. The van der Waals surface area contributed by atoms with Crippen molar-refractivity contribution in [1.82, 2.24) is 5.32 Å². The first-order chi connectivity index (χ1) is 7.06. The highest BCUT2D eigenvalue weighted by molar-refractivity contribution is 5.81. The minimum absolute atomic E-state index is 0.0769. The highest BCUT2D eigenvalue weighted by Crippen LogP contribution is 2.37. The summed E-state index contributed by atoms with van der Waals surface area (Å²) in [5.41, 5.74) is -0.442. The van der Waals surface area contributed by atoms with Crippen molar-refractivity contribution in [1.29, 1.82) is 0 Å². The van der Waals surface area contributed by atoms with Gasteiger partial charge in [-0.25, -0.2) is 0 Å². The third-order valence-corrected chi connectivity index (χ3v) is 3.71. The number of rotatable bonds is 3. The molecule has 1 aliphatic carbocycles. The molecule has 0 spiro atoms. The molecule has 3 unspecified atom stereocenters. The van der Waals surface area contributed by atoms with Crippen molar-refractivity contribution in [2.24, 2.45) is 11.8 Å². The minimum Gasteiger partial charge on any atom is -0.465 e. The summed E-state index contributed by atoms with van der Waals surface area (Å²) >= 11 is 0. The zero-order valence-corrected chi connectivity index (χ0v) is 10.3. The predicted octanol–water partition coefficient (Wildman–Crippen LogP) is 1.96. The van der Waals surface area contributed by atoms with E-state index in [0.717, 1.165) is 25.2 Å². The van der Waals surface area contributed by atoms with Crippen LogP contribution in [-0.2, 0) is 9.53 Å². The van der Waals surface area contributed by atoms with Crippen molar-refractivity contribution in [2.45, 2.75) is 45.6 Å². The Balaban J connectivity index is 2.79. The number of hydrogen-bond acceptors (Lipinski definition) is 3. The van der Waals surface area contributed by atoms with Crippen LogP contribution in [0.4, 0.5) is 0 Å². The minimum atomic E-state index is -0.442. The van der Waals surface area contributed by atoms with Gasteiger partial charge in [0.15, 0.2) is 0 Å². The fourth-order valence-electron chi connectivity index (χ4n) is 2.68. The monoisotopic (exact) mass is 213 g/mol. The molecule has 15 heavy (non-hydrogen) atoms. The van der Waals surface area contributed by atoms with Gasteiger partial charge < -0.3 is 10.1 Å². The zero-order valence-electron chi connectivity index (χ0n) is 10.3. The lowest BCUT2D eigenvalue weighted by molar-refractivity contribution is -0.155. The van der Waals surface area contributed by atoms with Gasteiger partial charge in [-0.3, -0.25) is 4.79 Å². The summed E-state index contributed by atoms with van der Waals surface area (Å²) < 4.78 is 5.18. The van der Waals surface area contributed by atoms with Gasteiger partial charge in [0.1, 0.15) is 5.54 Å². The summed E-state index contributed by atoms with van der Waals surface area (Å²) in [5, 5.41) is 3.20. The largest absolute Gasteiger partial charge is 0.465 e. The van der Waals surface area contributed by atoms with Crippen molar-refractivity contribution in [3.63, 3.8) is 0 Å². The van der Waals surface area contributed by atoms with Crippen LogP contribution in [-0.4, -0.2) is 25.2 Å². The Labute approximate surface area is 92.6 Å². The van der Waals surface area contributed by atoms with E-state index >= 15 is 0 Å². The van der Waals surface area contributed by atoms with E-state index in [1.165, 1.54) is 0 Å². The van der Waals surface area contributed by atoms with E-state index in [0.29, 0.717) is 12.5 Å². The van der Waals surface area contributed by atoms with Crippen LogP contribution in [0, 0.1) is 11.8 Å². The van der Waals surface area contributed by atoms with E-state index in [9.17, 15) is 4.79 Å². The fraction of sp³-hybridized carbons (Fsp3) is 0.917. The van der Waals surface area contributed by atoms with Crippen molar-refractivity contribution >= 4 is 5.97 Å². The predicted molar refractivity (Wildman–Crippen MR) is 60.6 cm³/mol. The molecule has 1 aliphatic rings. The maximum atomic E-state index is 12.0. The van der Waals surface area contributed by atoms with Gasteiger partial charge in [-0.05, 0) is 45.1 Å². The van der Waals surface area contributed by atoms with Crippen LogP contribution < -0.4 is 5.32 Å². The number of likely N-dealkylation sites (N-methyl/N-ethyl adjacent to an activating group) is 1. The highest BCUT2D eigenvalue weighted by atomic mass is 16.5. The molecule has 3 heteroatoms. The van der Waals surface area contributed by atoms with Crippen LogP contribution in [0.1, 0.15) is 40.0 Å². The smallest absolute Gasteiger partial charge is 0.326 e. The summed E-state index contributed by atoms with van der Waals surface area (Å²) in [6, 6.07) is 0. The molecule has 1 N–H and O–H groups in total. The van der Waals surface area contributed by atoms with E-state index in [2.05, 4.69) is 19.2 Å². The lowest BCUT2D eigenvalue weighted by Gasteiger charge is -2.42. The Morgan fingerprint density at radius 1 is 1.53 bits per heavy atom. The third-order valence-electron chi connectivity index (χ3n) is 3.71. The Bertz CT molecular complexity index is 230. The first kappa shape index (κ1) is 12.5. The Kier molecular flexibility index (Phi) is 4.14. The summed E-state index contributed by atoms with van der Waals surface area (Å²) in [4.78, 5) is 12.0. The number of carbonyl (C=O) groups excluding carboxylic acids is 1. The maximum absolute atomic E-state index is 12.0. The molecule has 0 aliphatic heterocycles.